The number of methoxy groups -OCH3 is 1. The van der Waals surface area contributed by atoms with E-state index >= 15 is 0 Å². The van der Waals surface area contributed by atoms with Crippen LogP contribution in [-0.2, 0) is 20.7 Å². The van der Waals surface area contributed by atoms with Crippen molar-refractivity contribution in [2.75, 3.05) is 13.7 Å². The van der Waals surface area contributed by atoms with E-state index in [4.69, 9.17) is 9.47 Å². The highest BCUT2D eigenvalue weighted by Crippen LogP contribution is 2.49. The molecule has 0 saturated carbocycles. The van der Waals surface area contributed by atoms with Crippen molar-refractivity contribution in [1.82, 2.24) is 5.32 Å². The van der Waals surface area contributed by atoms with Crippen LogP contribution in [0, 0.1) is 10.1 Å². The first-order valence-corrected chi connectivity index (χ1v) is 13.7. The molecule has 0 radical (unpaired) electrons. The number of allylic oxidation sites excluding steroid dienone is 3. The van der Waals surface area contributed by atoms with Gasteiger partial charge < -0.3 is 19.9 Å². The number of phenols is 1. The van der Waals surface area contributed by atoms with E-state index in [1.54, 1.807) is 18.3 Å². The van der Waals surface area contributed by atoms with E-state index in [0.717, 1.165) is 10.4 Å². The molecule has 0 bridgehead atoms. The van der Waals surface area contributed by atoms with Crippen LogP contribution in [0.3, 0.4) is 0 Å². The number of thiophene rings is 1. The van der Waals surface area contributed by atoms with Gasteiger partial charge in [-0.05, 0) is 42.0 Å². The first-order chi connectivity index (χ1) is 19.3. The number of carbonyl (C=O) groups is 2. The van der Waals surface area contributed by atoms with Gasteiger partial charge in [-0.1, -0.05) is 36.4 Å². The average molecular weight is 561 g/mol. The first kappa shape index (κ1) is 27.1. The van der Waals surface area contributed by atoms with Crippen LogP contribution >= 0.6 is 11.3 Å². The molecule has 206 valence electrons. The highest BCUT2D eigenvalue weighted by Gasteiger charge is 2.42. The van der Waals surface area contributed by atoms with Crippen molar-refractivity contribution in [3.8, 4) is 11.5 Å². The van der Waals surface area contributed by atoms with Crippen molar-refractivity contribution in [2.45, 2.75) is 38.0 Å². The third-order valence-corrected chi connectivity index (χ3v) is 8.32. The summed E-state index contributed by atoms with van der Waals surface area (Å²) in [6, 6.07) is 16.2. The zero-order valence-corrected chi connectivity index (χ0v) is 22.8. The molecule has 2 atom stereocenters. The maximum absolute atomic E-state index is 13.7. The van der Waals surface area contributed by atoms with Crippen molar-refractivity contribution >= 4 is 28.8 Å². The molecule has 2 aromatic carbocycles. The number of esters is 1. The number of hydrogen-bond donors (Lipinski definition) is 2. The number of Topliss-reactive ketones (excluding diaryl/α,β-unsaturated/α-hetero) is 1. The minimum Gasteiger partial charge on any atom is -0.500 e. The molecule has 1 aliphatic heterocycles. The van der Waals surface area contributed by atoms with E-state index in [-0.39, 0.29) is 41.6 Å². The Hall–Kier alpha value is -4.44. The number of hydrogen-bond acceptors (Lipinski definition) is 9. The van der Waals surface area contributed by atoms with Gasteiger partial charge in [0.15, 0.2) is 11.5 Å². The summed E-state index contributed by atoms with van der Waals surface area (Å²) in [4.78, 5) is 39.5. The number of benzene rings is 2. The van der Waals surface area contributed by atoms with Crippen molar-refractivity contribution in [2.24, 2.45) is 0 Å². The van der Waals surface area contributed by atoms with E-state index < -0.39 is 28.2 Å². The lowest BCUT2D eigenvalue weighted by atomic mass is 9.72. The van der Waals surface area contributed by atoms with Gasteiger partial charge in [0.2, 0.25) is 5.75 Å². The lowest BCUT2D eigenvalue weighted by Crippen LogP contribution is -2.36. The largest absolute Gasteiger partial charge is 0.500 e. The van der Waals surface area contributed by atoms with Gasteiger partial charge in [0.1, 0.15) is 0 Å². The SMILES string of the molecule is COc1cc([C@@H]2C(C(=O)OCCc3ccccc3)=C(C)NC3=C2C(=O)C[C@@H](c2cccs2)C3)cc([N+](=O)[O-])c1O. The molecule has 9 nitrogen and oxygen atoms in total. The van der Waals surface area contributed by atoms with E-state index in [1.807, 2.05) is 47.8 Å². The van der Waals surface area contributed by atoms with Crippen LogP contribution in [0.2, 0.25) is 0 Å². The molecule has 0 spiro atoms. The molecular formula is C30H28N2O7S. The fourth-order valence-corrected chi connectivity index (χ4v) is 6.26. The number of nitrogens with zero attached hydrogens (tertiary/aromatic N) is 1. The summed E-state index contributed by atoms with van der Waals surface area (Å²) in [5.74, 6) is -2.49. The van der Waals surface area contributed by atoms with E-state index in [2.05, 4.69) is 5.32 Å². The molecule has 1 aromatic heterocycles. The molecule has 40 heavy (non-hydrogen) atoms. The van der Waals surface area contributed by atoms with Crippen LogP contribution in [0.25, 0.3) is 0 Å². The lowest BCUT2D eigenvalue weighted by Gasteiger charge is -2.36. The van der Waals surface area contributed by atoms with Gasteiger partial charge in [-0.15, -0.1) is 11.3 Å². The smallest absolute Gasteiger partial charge is 0.336 e. The Morgan fingerprint density at radius 1 is 1.18 bits per heavy atom. The van der Waals surface area contributed by atoms with E-state index in [1.165, 1.54) is 19.2 Å². The first-order valence-electron chi connectivity index (χ1n) is 12.8. The minimum atomic E-state index is -0.939. The summed E-state index contributed by atoms with van der Waals surface area (Å²) >= 11 is 1.59. The fourth-order valence-electron chi connectivity index (χ4n) is 5.43. The summed E-state index contributed by atoms with van der Waals surface area (Å²) in [6.45, 7) is 1.85. The van der Waals surface area contributed by atoms with Crippen molar-refractivity contribution in [1.29, 1.82) is 0 Å². The van der Waals surface area contributed by atoms with Gasteiger partial charge in [0.25, 0.3) is 0 Å². The molecule has 2 aliphatic rings. The number of ketones is 1. The van der Waals surface area contributed by atoms with Gasteiger partial charge in [-0.25, -0.2) is 4.79 Å². The summed E-state index contributed by atoms with van der Waals surface area (Å²) in [5.41, 5.74) is 2.45. The predicted molar refractivity (Wildman–Crippen MR) is 149 cm³/mol. The van der Waals surface area contributed by atoms with Gasteiger partial charge in [0, 0.05) is 52.6 Å². The monoisotopic (exact) mass is 560 g/mol. The number of nitro benzene ring substituents is 1. The second kappa shape index (κ2) is 11.4. The van der Waals surface area contributed by atoms with Crippen LogP contribution in [0.5, 0.6) is 11.5 Å². The Morgan fingerprint density at radius 2 is 1.95 bits per heavy atom. The number of phenolic OH excluding ortho intramolecular Hbond substituents is 1. The molecule has 1 aliphatic carbocycles. The number of nitro groups is 1. The molecule has 3 aromatic rings. The molecule has 2 N–H and O–H groups in total. The number of nitrogens with one attached hydrogen (secondary N) is 1. The zero-order valence-electron chi connectivity index (χ0n) is 22.0. The Labute approximate surface area is 234 Å². The number of carbonyl (C=O) groups excluding carboxylic acids is 2. The Kier molecular flexibility index (Phi) is 7.70. The molecule has 10 heteroatoms. The third kappa shape index (κ3) is 5.22. The average Bonchev–Trinajstić information content (AvgIpc) is 3.48. The number of aromatic hydroxyl groups is 1. The maximum Gasteiger partial charge on any atom is 0.336 e. The third-order valence-electron chi connectivity index (χ3n) is 7.29. The van der Waals surface area contributed by atoms with Crippen molar-refractivity contribution < 1.29 is 29.1 Å². The van der Waals surface area contributed by atoms with Gasteiger partial charge in [-0.2, -0.15) is 0 Å². The number of ether oxygens (including phenoxy) is 2. The van der Waals surface area contributed by atoms with Crippen molar-refractivity contribution in [3.63, 3.8) is 0 Å². The van der Waals surface area contributed by atoms with Crippen LogP contribution in [0.1, 0.15) is 47.6 Å². The second-order valence-electron chi connectivity index (χ2n) is 9.75. The molecule has 0 amide bonds. The zero-order chi connectivity index (χ0) is 28.4. The topological polar surface area (TPSA) is 128 Å². The van der Waals surface area contributed by atoms with Gasteiger partial charge in [-0.3, -0.25) is 14.9 Å². The Bertz CT molecular complexity index is 1530. The molecular weight excluding hydrogens is 532 g/mol. The predicted octanol–water partition coefficient (Wildman–Crippen LogP) is 5.52. The van der Waals surface area contributed by atoms with Gasteiger partial charge in [0.05, 0.1) is 24.2 Å². The van der Waals surface area contributed by atoms with E-state index in [9.17, 15) is 24.8 Å². The number of rotatable bonds is 8. The fraction of sp³-hybridized carbons (Fsp3) is 0.267. The lowest BCUT2D eigenvalue weighted by molar-refractivity contribution is -0.386. The van der Waals surface area contributed by atoms with Crippen molar-refractivity contribution in [3.05, 3.63) is 109 Å². The Balaban J connectivity index is 1.56. The highest BCUT2D eigenvalue weighted by molar-refractivity contribution is 7.10. The standard InChI is InChI=1S/C30H28N2O7S/c1-17-26(30(35)39-11-10-18-7-4-3-5-8-18)27(20-14-22(32(36)37)29(34)24(16-20)38-2)28-21(31-17)13-19(15-23(28)33)25-9-6-12-40-25/h3-9,12,14,16,19,27,31,34H,10-11,13,15H2,1-2H3/t19-,27+/m0/s1. The minimum absolute atomic E-state index is 0.0183. The van der Waals surface area contributed by atoms with Crippen LogP contribution in [0.4, 0.5) is 5.69 Å². The molecule has 2 heterocycles. The molecule has 0 unspecified atom stereocenters. The quantitative estimate of drug-likeness (QED) is 0.209. The molecule has 5 rings (SSSR count). The Morgan fingerprint density at radius 3 is 2.62 bits per heavy atom. The van der Waals surface area contributed by atoms with Crippen LogP contribution < -0.4 is 10.1 Å². The number of dihydropyridines is 1. The maximum atomic E-state index is 13.7. The molecule has 0 fully saturated rings. The molecule has 0 saturated heterocycles. The summed E-state index contributed by atoms with van der Waals surface area (Å²) < 4.78 is 10.9. The normalized spacial score (nSPS) is 18.7. The van der Waals surface area contributed by atoms with Gasteiger partial charge >= 0.3 is 11.7 Å². The van der Waals surface area contributed by atoms with E-state index in [0.29, 0.717) is 29.8 Å². The van der Waals surface area contributed by atoms with Crippen LogP contribution in [-0.4, -0.2) is 35.5 Å². The summed E-state index contributed by atoms with van der Waals surface area (Å²) in [7, 11) is 1.28. The van der Waals surface area contributed by atoms with Crippen LogP contribution in [0.15, 0.2) is 82.5 Å². The summed E-state index contributed by atoms with van der Waals surface area (Å²) in [5, 5.41) is 27.5. The summed E-state index contributed by atoms with van der Waals surface area (Å²) in [6.07, 6.45) is 1.29. The highest BCUT2D eigenvalue weighted by atomic mass is 32.1. The second-order valence-corrected chi connectivity index (χ2v) is 10.7.